The number of benzene rings is 2. The zero-order valence-corrected chi connectivity index (χ0v) is 16.5. The second-order valence-electron chi connectivity index (χ2n) is 7.49. The highest BCUT2D eigenvalue weighted by molar-refractivity contribution is 5.81. The van der Waals surface area contributed by atoms with Gasteiger partial charge in [0.2, 0.25) is 12.3 Å². The Balaban J connectivity index is 1.27. The normalized spacial score (nSPS) is 15.8. The Morgan fingerprint density at radius 3 is 2.52 bits per heavy atom. The summed E-state index contributed by atoms with van der Waals surface area (Å²) in [5, 5.41) is 7.56. The summed E-state index contributed by atoms with van der Waals surface area (Å²) in [6.07, 6.45) is 3.93. The van der Waals surface area contributed by atoms with Crippen molar-refractivity contribution in [2.24, 2.45) is 5.92 Å². The van der Waals surface area contributed by atoms with Gasteiger partial charge in [0.1, 0.15) is 5.75 Å². The standard InChI is InChI=1S/C23H25N3O3/c1-17(29-21-9-7-20(8-10-21)22-25-24-16-28-22)23(27)26-13-11-19(12-14-26)15-18-5-3-2-4-6-18/h2-10,16-17,19H,11-15H2,1H3. The first-order chi connectivity index (χ1) is 14.2. The number of piperidine rings is 1. The van der Waals surface area contributed by atoms with Crippen molar-refractivity contribution in [3.63, 3.8) is 0 Å². The maximum absolute atomic E-state index is 12.8. The highest BCUT2D eigenvalue weighted by Gasteiger charge is 2.27. The molecule has 150 valence electrons. The van der Waals surface area contributed by atoms with Crippen molar-refractivity contribution in [1.29, 1.82) is 0 Å². The number of nitrogens with zero attached hydrogens (tertiary/aromatic N) is 3. The van der Waals surface area contributed by atoms with Crippen molar-refractivity contribution in [2.75, 3.05) is 13.1 Å². The minimum Gasteiger partial charge on any atom is -0.481 e. The minimum absolute atomic E-state index is 0.0455. The van der Waals surface area contributed by atoms with Crippen molar-refractivity contribution in [3.05, 3.63) is 66.6 Å². The molecule has 6 heteroatoms. The molecule has 0 aliphatic carbocycles. The molecule has 0 bridgehead atoms. The summed E-state index contributed by atoms with van der Waals surface area (Å²) in [7, 11) is 0. The van der Waals surface area contributed by atoms with Gasteiger partial charge < -0.3 is 14.1 Å². The Morgan fingerprint density at radius 2 is 1.86 bits per heavy atom. The third-order valence-electron chi connectivity index (χ3n) is 5.42. The summed E-state index contributed by atoms with van der Waals surface area (Å²) in [4.78, 5) is 14.7. The molecular weight excluding hydrogens is 366 g/mol. The van der Waals surface area contributed by atoms with Crippen molar-refractivity contribution >= 4 is 5.91 Å². The van der Waals surface area contributed by atoms with E-state index in [9.17, 15) is 4.79 Å². The topological polar surface area (TPSA) is 68.5 Å². The fraction of sp³-hybridized carbons (Fsp3) is 0.348. The number of amides is 1. The second-order valence-corrected chi connectivity index (χ2v) is 7.49. The van der Waals surface area contributed by atoms with Gasteiger partial charge in [0, 0.05) is 18.7 Å². The van der Waals surface area contributed by atoms with E-state index in [0.717, 1.165) is 37.9 Å². The number of likely N-dealkylation sites (tertiary alicyclic amines) is 1. The zero-order valence-electron chi connectivity index (χ0n) is 16.5. The molecule has 1 fully saturated rings. The molecule has 2 heterocycles. The molecule has 0 saturated carbocycles. The van der Waals surface area contributed by atoms with E-state index in [0.29, 0.717) is 17.6 Å². The molecular formula is C23H25N3O3. The monoisotopic (exact) mass is 391 g/mol. The SMILES string of the molecule is CC(Oc1ccc(-c2nnco2)cc1)C(=O)N1CCC(Cc2ccccc2)CC1. The van der Waals surface area contributed by atoms with E-state index in [1.165, 1.54) is 12.0 Å². The van der Waals surface area contributed by atoms with Crippen LogP contribution < -0.4 is 4.74 Å². The number of ether oxygens (including phenoxy) is 1. The molecule has 29 heavy (non-hydrogen) atoms. The van der Waals surface area contributed by atoms with Gasteiger partial charge in [0.25, 0.3) is 5.91 Å². The van der Waals surface area contributed by atoms with Crippen LogP contribution in [0.5, 0.6) is 5.75 Å². The first kappa shape index (κ1) is 19.2. The number of hydrogen-bond acceptors (Lipinski definition) is 5. The van der Waals surface area contributed by atoms with E-state index in [-0.39, 0.29) is 5.91 Å². The van der Waals surface area contributed by atoms with Gasteiger partial charge in [-0.1, -0.05) is 30.3 Å². The third kappa shape index (κ3) is 4.83. The number of aromatic nitrogens is 2. The molecule has 1 amide bonds. The second kappa shape index (κ2) is 8.90. The van der Waals surface area contributed by atoms with Gasteiger partial charge in [0.15, 0.2) is 6.10 Å². The van der Waals surface area contributed by atoms with Crippen molar-refractivity contribution in [3.8, 4) is 17.2 Å². The lowest BCUT2D eigenvalue weighted by Gasteiger charge is -2.33. The van der Waals surface area contributed by atoms with Crippen LogP contribution in [0.1, 0.15) is 25.3 Å². The fourth-order valence-electron chi connectivity index (χ4n) is 3.79. The molecule has 2 aromatic carbocycles. The first-order valence-corrected chi connectivity index (χ1v) is 10.0. The molecule has 3 aromatic rings. The maximum atomic E-state index is 12.8. The molecule has 0 N–H and O–H groups in total. The third-order valence-corrected chi connectivity index (χ3v) is 5.42. The predicted molar refractivity (Wildman–Crippen MR) is 109 cm³/mol. The Labute approximate surface area is 170 Å². The number of rotatable bonds is 6. The molecule has 1 atom stereocenters. The predicted octanol–water partition coefficient (Wildman–Crippen LogP) is 3.99. The van der Waals surface area contributed by atoms with Gasteiger partial charge in [-0.2, -0.15) is 0 Å². The highest BCUT2D eigenvalue weighted by atomic mass is 16.5. The molecule has 1 unspecified atom stereocenters. The van der Waals surface area contributed by atoms with Crippen LogP contribution in [-0.4, -0.2) is 40.2 Å². The van der Waals surface area contributed by atoms with Gasteiger partial charge in [-0.05, 0) is 61.9 Å². The van der Waals surface area contributed by atoms with E-state index in [2.05, 4.69) is 34.5 Å². The molecule has 6 nitrogen and oxygen atoms in total. The highest BCUT2D eigenvalue weighted by Crippen LogP contribution is 2.24. The molecule has 1 aliphatic rings. The van der Waals surface area contributed by atoms with Crippen molar-refractivity contribution in [1.82, 2.24) is 15.1 Å². The molecule has 4 rings (SSSR count). The van der Waals surface area contributed by atoms with Crippen molar-refractivity contribution in [2.45, 2.75) is 32.3 Å². The fourth-order valence-corrected chi connectivity index (χ4v) is 3.79. The summed E-state index contributed by atoms with van der Waals surface area (Å²) in [6, 6.07) is 17.9. The number of carbonyl (C=O) groups is 1. The van der Waals surface area contributed by atoms with Crippen LogP contribution in [0.2, 0.25) is 0 Å². The zero-order chi connectivity index (χ0) is 20.1. The Kier molecular flexibility index (Phi) is 5.89. The summed E-state index contributed by atoms with van der Waals surface area (Å²) in [6.45, 7) is 3.39. The van der Waals surface area contributed by atoms with Crippen LogP contribution in [0.25, 0.3) is 11.5 Å². The molecule has 0 radical (unpaired) electrons. The Morgan fingerprint density at radius 1 is 1.14 bits per heavy atom. The van der Waals surface area contributed by atoms with Crippen molar-refractivity contribution < 1.29 is 13.9 Å². The Bertz CT molecular complexity index is 902. The smallest absolute Gasteiger partial charge is 0.263 e. The minimum atomic E-state index is -0.519. The van der Waals surface area contributed by atoms with E-state index < -0.39 is 6.10 Å². The number of hydrogen-bond donors (Lipinski definition) is 0. The van der Waals surface area contributed by atoms with Gasteiger partial charge in [-0.15, -0.1) is 10.2 Å². The average molecular weight is 391 g/mol. The molecule has 0 spiro atoms. The summed E-state index contributed by atoms with van der Waals surface area (Å²) < 4.78 is 11.0. The van der Waals surface area contributed by atoms with E-state index in [4.69, 9.17) is 9.15 Å². The van der Waals surface area contributed by atoms with Gasteiger partial charge >= 0.3 is 0 Å². The quantitative estimate of drug-likeness (QED) is 0.636. The first-order valence-electron chi connectivity index (χ1n) is 10.0. The molecule has 1 aromatic heterocycles. The van der Waals surface area contributed by atoms with Crippen LogP contribution in [-0.2, 0) is 11.2 Å². The number of carbonyl (C=O) groups excluding carboxylic acids is 1. The lowest BCUT2D eigenvalue weighted by atomic mass is 9.90. The molecule has 1 aliphatic heterocycles. The van der Waals surface area contributed by atoms with E-state index in [1.54, 1.807) is 0 Å². The van der Waals surface area contributed by atoms with Crippen LogP contribution in [0.4, 0.5) is 0 Å². The van der Waals surface area contributed by atoms with E-state index >= 15 is 0 Å². The largest absolute Gasteiger partial charge is 0.481 e. The lowest BCUT2D eigenvalue weighted by Crippen LogP contribution is -2.45. The average Bonchev–Trinajstić information content (AvgIpc) is 3.30. The summed E-state index contributed by atoms with van der Waals surface area (Å²) >= 11 is 0. The lowest BCUT2D eigenvalue weighted by molar-refractivity contribution is -0.139. The van der Waals surface area contributed by atoms with E-state index in [1.807, 2.05) is 42.2 Å². The van der Waals surface area contributed by atoms with Crippen LogP contribution in [0.3, 0.4) is 0 Å². The summed E-state index contributed by atoms with van der Waals surface area (Å²) in [5.41, 5.74) is 2.19. The van der Waals surface area contributed by atoms with Crippen LogP contribution in [0.15, 0.2) is 65.4 Å². The van der Waals surface area contributed by atoms with Gasteiger partial charge in [0.05, 0.1) is 0 Å². The molecule has 1 saturated heterocycles. The maximum Gasteiger partial charge on any atom is 0.263 e. The van der Waals surface area contributed by atoms with Crippen LogP contribution in [0, 0.1) is 5.92 Å². The van der Waals surface area contributed by atoms with Gasteiger partial charge in [-0.25, -0.2) is 0 Å². The van der Waals surface area contributed by atoms with Gasteiger partial charge in [-0.3, -0.25) is 4.79 Å². The summed E-state index contributed by atoms with van der Waals surface area (Å²) in [5.74, 6) is 1.78. The van der Waals surface area contributed by atoms with Crippen LogP contribution >= 0.6 is 0 Å². The Hall–Kier alpha value is -3.15.